The van der Waals surface area contributed by atoms with E-state index in [0.717, 1.165) is 16.3 Å². The number of fused-ring (bicyclic) bond motifs is 1. The highest BCUT2D eigenvalue weighted by Gasteiger charge is 2.05. The van der Waals surface area contributed by atoms with E-state index in [1.807, 2.05) is 42.5 Å². The maximum atomic E-state index is 11.5. The van der Waals surface area contributed by atoms with Crippen LogP contribution in [0.2, 0.25) is 0 Å². The number of benzene rings is 2. The van der Waals surface area contributed by atoms with Gasteiger partial charge in [0.1, 0.15) is 0 Å². The van der Waals surface area contributed by atoms with Gasteiger partial charge in [-0.2, -0.15) is 0 Å². The summed E-state index contributed by atoms with van der Waals surface area (Å²) < 4.78 is 9.46. The van der Waals surface area contributed by atoms with Crippen LogP contribution in [0.15, 0.2) is 48.5 Å². The van der Waals surface area contributed by atoms with Gasteiger partial charge in [-0.25, -0.2) is 9.59 Å². The van der Waals surface area contributed by atoms with Gasteiger partial charge in [-0.3, -0.25) is 0 Å². The Balaban J connectivity index is 2.02. The van der Waals surface area contributed by atoms with Gasteiger partial charge in [0.05, 0.1) is 6.61 Å². The molecule has 0 spiro atoms. The molecule has 0 amide bonds. The van der Waals surface area contributed by atoms with Gasteiger partial charge in [0.15, 0.2) is 6.61 Å². The minimum absolute atomic E-state index is 0.266. The average molecular weight is 284 g/mol. The first kappa shape index (κ1) is 14.8. The fraction of sp³-hybridized carbons (Fsp3) is 0.176. The molecule has 0 saturated heterocycles. The highest BCUT2D eigenvalue weighted by atomic mass is 16.6. The monoisotopic (exact) mass is 284 g/mol. The first-order valence-corrected chi connectivity index (χ1v) is 6.69. The molecule has 0 atom stereocenters. The fourth-order valence-corrected chi connectivity index (χ4v) is 1.93. The summed E-state index contributed by atoms with van der Waals surface area (Å²) in [5.74, 6) is -1.12. The zero-order chi connectivity index (χ0) is 15.1. The average Bonchev–Trinajstić information content (AvgIpc) is 2.51. The lowest BCUT2D eigenvalue weighted by molar-refractivity contribution is -0.155. The minimum atomic E-state index is -0.573. The van der Waals surface area contributed by atoms with Crippen molar-refractivity contribution in [3.63, 3.8) is 0 Å². The van der Waals surface area contributed by atoms with Crippen molar-refractivity contribution in [2.45, 2.75) is 6.92 Å². The largest absolute Gasteiger partial charge is 0.463 e. The molecule has 0 N–H and O–H groups in total. The molecular weight excluding hydrogens is 268 g/mol. The first-order valence-electron chi connectivity index (χ1n) is 6.69. The summed E-state index contributed by atoms with van der Waals surface area (Å²) in [4.78, 5) is 22.6. The van der Waals surface area contributed by atoms with Crippen LogP contribution < -0.4 is 0 Å². The van der Waals surface area contributed by atoms with Crippen LogP contribution in [0.4, 0.5) is 0 Å². The van der Waals surface area contributed by atoms with E-state index in [1.165, 1.54) is 6.08 Å². The molecular formula is C17H16O4. The lowest BCUT2D eigenvalue weighted by atomic mass is 10.0. The Labute approximate surface area is 123 Å². The minimum Gasteiger partial charge on any atom is -0.463 e. The molecule has 2 rings (SSSR count). The molecule has 0 fully saturated rings. The molecule has 108 valence electrons. The third-order valence-electron chi connectivity index (χ3n) is 2.86. The van der Waals surface area contributed by atoms with Crippen LogP contribution in [-0.2, 0) is 19.1 Å². The van der Waals surface area contributed by atoms with Gasteiger partial charge < -0.3 is 9.47 Å². The molecule has 4 heteroatoms. The SMILES string of the molecule is CCOC(=O)COC(=O)/C=C/c1cccc2ccccc12. The van der Waals surface area contributed by atoms with E-state index in [-0.39, 0.29) is 13.2 Å². The highest BCUT2D eigenvalue weighted by molar-refractivity contribution is 5.95. The Morgan fingerprint density at radius 1 is 1.05 bits per heavy atom. The molecule has 0 aliphatic carbocycles. The van der Waals surface area contributed by atoms with Crippen molar-refractivity contribution >= 4 is 28.8 Å². The first-order chi connectivity index (χ1) is 10.2. The van der Waals surface area contributed by atoms with Crippen LogP contribution in [0, 0.1) is 0 Å². The number of esters is 2. The van der Waals surface area contributed by atoms with E-state index < -0.39 is 11.9 Å². The second-order valence-corrected chi connectivity index (χ2v) is 4.31. The third-order valence-corrected chi connectivity index (χ3v) is 2.86. The Hall–Kier alpha value is -2.62. The second-order valence-electron chi connectivity index (χ2n) is 4.31. The Bertz CT molecular complexity index is 668. The van der Waals surface area contributed by atoms with Gasteiger partial charge in [0, 0.05) is 6.08 Å². The van der Waals surface area contributed by atoms with E-state index >= 15 is 0 Å². The highest BCUT2D eigenvalue weighted by Crippen LogP contribution is 2.19. The maximum Gasteiger partial charge on any atom is 0.344 e. The molecule has 0 heterocycles. The van der Waals surface area contributed by atoms with Crippen LogP contribution >= 0.6 is 0 Å². The lowest BCUT2D eigenvalue weighted by Gasteiger charge is -2.03. The van der Waals surface area contributed by atoms with Crippen molar-refractivity contribution in [2.24, 2.45) is 0 Å². The molecule has 2 aromatic rings. The van der Waals surface area contributed by atoms with Gasteiger partial charge in [-0.1, -0.05) is 42.5 Å². The van der Waals surface area contributed by atoms with Gasteiger partial charge in [-0.05, 0) is 29.3 Å². The maximum absolute atomic E-state index is 11.5. The molecule has 4 nitrogen and oxygen atoms in total. The lowest BCUT2D eigenvalue weighted by Crippen LogP contribution is -2.15. The van der Waals surface area contributed by atoms with Crippen molar-refractivity contribution in [3.8, 4) is 0 Å². The van der Waals surface area contributed by atoms with Crippen molar-refractivity contribution in [3.05, 3.63) is 54.1 Å². The number of rotatable bonds is 5. The van der Waals surface area contributed by atoms with E-state index in [4.69, 9.17) is 4.74 Å². The van der Waals surface area contributed by atoms with Crippen molar-refractivity contribution in [1.29, 1.82) is 0 Å². The van der Waals surface area contributed by atoms with E-state index in [9.17, 15) is 9.59 Å². The molecule has 0 aliphatic heterocycles. The number of ether oxygens (including phenoxy) is 2. The van der Waals surface area contributed by atoms with Crippen molar-refractivity contribution in [2.75, 3.05) is 13.2 Å². The molecule has 0 unspecified atom stereocenters. The smallest absolute Gasteiger partial charge is 0.344 e. The van der Waals surface area contributed by atoms with E-state index in [1.54, 1.807) is 13.0 Å². The van der Waals surface area contributed by atoms with Crippen LogP contribution in [0.1, 0.15) is 12.5 Å². The molecule has 21 heavy (non-hydrogen) atoms. The van der Waals surface area contributed by atoms with Crippen molar-refractivity contribution in [1.82, 2.24) is 0 Å². The molecule has 0 radical (unpaired) electrons. The van der Waals surface area contributed by atoms with Crippen LogP contribution in [0.3, 0.4) is 0 Å². The summed E-state index contributed by atoms with van der Waals surface area (Å²) >= 11 is 0. The second kappa shape index (κ2) is 7.24. The van der Waals surface area contributed by atoms with Crippen LogP contribution in [0.25, 0.3) is 16.8 Å². The molecule has 0 bridgehead atoms. The zero-order valence-corrected chi connectivity index (χ0v) is 11.7. The number of carbonyl (C=O) groups excluding carboxylic acids is 2. The summed E-state index contributed by atoms with van der Waals surface area (Å²) in [6, 6.07) is 13.7. The molecule has 0 saturated carbocycles. The van der Waals surface area contributed by atoms with E-state index in [0.29, 0.717) is 0 Å². The summed E-state index contributed by atoms with van der Waals surface area (Å²) in [6.45, 7) is 1.59. The standard InChI is InChI=1S/C17H16O4/c1-2-20-17(19)12-21-16(18)11-10-14-8-5-7-13-6-3-4-9-15(13)14/h3-11H,2,12H2,1H3/b11-10+. The van der Waals surface area contributed by atoms with Crippen molar-refractivity contribution < 1.29 is 19.1 Å². The van der Waals surface area contributed by atoms with Gasteiger partial charge in [0.2, 0.25) is 0 Å². The number of carbonyl (C=O) groups is 2. The normalized spacial score (nSPS) is 10.7. The molecule has 0 aliphatic rings. The van der Waals surface area contributed by atoms with E-state index in [2.05, 4.69) is 4.74 Å². The van der Waals surface area contributed by atoms with Gasteiger partial charge in [-0.15, -0.1) is 0 Å². The molecule has 0 aromatic heterocycles. The number of hydrogen-bond donors (Lipinski definition) is 0. The fourth-order valence-electron chi connectivity index (χ4n) is 1.93. The quantitative estimate of drug-likeness (QED) is 0.625. The van der Waals surface area contributed by atoms with Gasteiger partial charge in [0.25, 0.3) is 0 Å². The summed E-state index contributed by atoms with van der Waals surface area (Å²) in [5.41, 5.74) is 0.918. The molecule has 2 aromatic carbocycles. The van der Waals surface area contributed by atoms with Crippen LogP contribution in [-0.4, -0.2) is 25.2 Å². The number of hydrogen-bond acceptors (Lipinski definition) is 4. The Morgan fingerprint density at radius 3 is 2.62 bits per heavy atom. The van der Waals surface area contributed by atoms with Crippen LogP contribution in [0.5, 0.6) is 0 Å². The zero-order valence-electron chi connectivity index (χ0n) is 11.7. The predicted octanol–water partition coefficient (Wildman–Crippen LogP) is 2.96. The summed E-state index contributed by atoms with van der Waals surface area (Å²) in [5, 5.41) is 2.15. The topological polar surface area (TPSA) is 52.6 Å². The Morgan fingerprint density at radius 2 is 1.81 bits per heavy atom. The predicted molar refractivity (Wildman–Crippen MR) is 80.6 cm³/mol. The summed E-state index contributed by atoms with van der Waals surface area (Å²) in [7, 11) is 0. The van der Waals surface area contributed by atoms with Gasteiger partial charge >= 0.3 is 11.9 Å². The Kier molecular flexibility index (Phi) is 5.10. The summed E-state index contributed by atoms with van der Waals surface area (Å²) in [6.07, 6.45) is 2.98. The third kappa shape index (κ3) is 4.18.